The maximum absolute atomic E-state index is 13.3. The molecule has 1 saturated heterocycles. The summed E-state index contributed by atoms with van der Waals surface area (Å²) in [6.07, 6.45) is 2.69. The molecule has 1 heterocycles. The van der Waals surface area contributed by atoms with E-state index in [0.717, 1.165) is 19.3 Å². The van der Waals surface area contributed by atoms with Crippen molar-refractivity contribution in [3.8, 4) is 0 Å². The summed E-state index contributed by atoms with van der Waals surface area (Å²) in [6.45, 7) is 2.14. The van der Waals surface area contributed by atoms with Crippen LogP contribution in [0.25, 0.3) is 0 Å². The number of aryl methyl sites for hydroxylation is 1. The maximum Gasteiger partial charge on any atom is 0.338 e. The summed E-state index contributed by atoms with van der Waals surface area (Å²) in [5.74, 6) is -1.86. The van der Waals surface area contributed by atoms with E-state index >= 15 is 0 Å². The number of esters is 1. The molecule has 2 aromatic carbocycles. The molecule has 0 aromatic heterocycles. The van der Waals surface area contributed by atoms with Crippen LogP contribution in [-0.4, -0.2) is 44.3 Å². The van der Waals surface area contributed by atoms with Crippen molar-refractivity contribution in [1.29, 1.82) is 0 Å². The lowest BCUT2D eigenvalue weighted by atomic mass is 10.2. The van der Waals surface area contributed by atoms with Gasteiger partial charge in [-0.2, -0.15) is 4.31 Å². The number of benzene rings is 2. The summed E-state index contributed by atoms with van der Waals surface area (Å²) in [5.41, 5.74) is 1.09. The zero-order valence-corrected chi connectivity index (χ0v) is 17.4. The first kappa shape index (κ1) is 21.9. The van der Waals surface area contributed by atoms with Crippen molar-refractivity contribution < 1.29 is 27.1 Å². The van der Waals surface area contributed by atoms with Gasteiger partial charge in [0.05, 0.1) is 10.5 Å². The number of halogens is 1. The van der Waals surface area contributed by atoms with Gasteiger partial charge in [0.1, 0.15) is 5.82 Å². The molecule has 0 radical (unpaired) electrons. The lowest BCUT2D eigenvalue weighted by Gasteiger charge is -2.25. The fourth-order valence-corrected chi connectivity index (χ4v) is 4.66. The van der Waals surface area contributed by atoms with Crippen molar-refractivity contribution in [3.63, 3.8) is 0 Å². The smallest absolute Gasteiger partial charge is 0.338 e. The van der Waals surface area contributed by atoms with Crippen molar-refractivity contribution in [1.82, 2.24) is 4.31 Å². The minimum absolute atomic E-state index is 0.111. The zero-order valence-electron chi connectivity index (χ0n) is 16.6. The van der Waals surface area contributed by atoms with E-state index in [1.54, 1.807) is 6.92 Å². The van der Waals surface area contributed by atoms with Gasteiger partial charge in [-0.05, 0) is 61.7 Å². The summed E-state index contributed by atoms with van der Waals surface area (Å²) in [4.78, 5) is 24.3. The van der Waals surface area contributed by atoms with Gasteiger partial charge in [-0.1, -0.05) is 12.5 Å². The van der Waals surface area contributed by atoms with Gasteiger partial charge < -0.3 is 10.1 Å². The third-order valence-electron chi connectivity index (χ3n) is 4.85. The summed E-state index contributed by atoms with van der Waals surface area (Å²) in [6, 6.07) is 9.40. The third kappa shape index (κ3) is 5.22. The Morgan fingerprint density at radius 3 is 2.40 bits per heavy atom. The first-order valence-electron chi connectivity index (χ1n) is 9.61. The Morgan fingerprint density at radius 1 is 1.07 bits per heavy atom. The fourth-order valence-electron chi connectivity index (χ4n) is 3.15. The Bertz CT molecular complexity index is 1030. The first-order chi connectivity index (χ1) is 14.3. The van der Waals surface area contributed by atoms with Crippen LogP contribution in [0.3, 0.4) is 0 Å². The van der Waals surface area contributed by atoms with Crippen LogP contribution in [0, 0.1) is 12.7 Å². The number of nitrogens with one attached hydrogen (secondary N) is 1. The molecule has 0 unspecified atom stereocenters. The first-order valence-corrected chi connectivity index (χ1v) is 11.0. The molecule has 2 aromatic rings. The normalized spacial score (nSPS) is 14.9. The molecule has 30 heavy (non-hydrogen) atoms. The van der Waals surface area contributed by atoms with Crippen LogP contribution in [-0.2, 0) is 19.6 Å². The minimum Gasteiger partial charge on any atom is -0.452 e. The molecule has 1 amide bonds. The predicted molar refractivity (Wildman–Crippen MR) is 109 cm³/mol. The average Bonchev–Trinajstić information content (AvgIpc) is 2.75. The Morgan fingerprint density at radius 2 is 1.73 bits per heavy atom. The Kier molecular flexibility index (Phi) is 6.84. The summed E-state index contributed by atoms with van der Waals surface area (Å²) in [7, 11) is -3.59. The number of amides is 1. The van der Waals surface area contributed by atoms with Gasteiger partial charge in [0.25, 0.3) is 5.91 Å². The number of carbonyl (C=O) groups is 2. The average molecular weight is 434 g/mol. The van der Waals surface area contributed by atoms with E-state index in [1.807, 2.05) is 0 Å². The number of rotatable bonds is 6. The van der Waals surface area contributed by atoms with Crippen LogP contribution in [0.4, 0.5) is 10.1 Å². The molecule has 3 rings (SSSR count). The quantitative estimate of drug-likeness (QED) is 0.706. The lowest BCUT2D eigenvalue weighted by molar-refractivity contribution is -0.119. The topological polar surface area (TPSA) is 92.8 Å². The molecule has 1 fully saturated rings. The maximum atomic E-state index is 13.3. The van der Waals surface area contributed by atoms with Crippen LogP contribution < -0.4 is 5.32 Å². The summed E-state index contributed by atoms with van der Waals surface area (Å²) in [5, 5.41) is 2.48. The van der Waals surface area contributed by atoms with E-state index in [9.17, 15) is 22.4 Å². The van der Waals surface area contributed by atoms with Crippen LogP contribution in [0.1, 0.15) is 35.2 Å². The molecule has 1 N–H and O–H groups in total. The Balaban J connectivity index is 1.58. The number of carbonyl (C=O) groups excluding carboxylic acids is 2. The second-order valence-corrected chi connectivity index (χ2v) is 9.01. The second kappa shape index (κ2) is 9.36. The molecule has 1 aliphatic rings. The summed E-state index contributed by atoms with van der Waals surface area (Å²) >= 11 is 0. The van der Waals surface area contributed by atoms with E-state index < -0.39 is 34.3 Å². The minimum atomic E-state index is -3.59. The Hall–Kier alpha value is -2.78. The number of nitrogens with zero attached hydrogens (tertiary/aromatic N) is 1. The number of hydrogen-bond donors (Lipinski definition) is 1. The SMILES string of the molecule is Cc1ccc(F)cc1NC(=O)COC(=O)c1ccc(S(=O)(=O)N2CCCCC2)cc1. The highest BCUT2D eigenvalue weighted by Crippen LogP contribution is 2.21. The predicted octanol–water partition coefficient (Wildman–Crippen LogP) is 3.10. The van der Waals surface area contributed by atoms with E-state index in [-0.39, 0.29) is 10.5 Å². The number of hydrogen-bond acceptors (Lipinski definition) is 5. The highest BCUT2D eigenvalue weighted by atomic mass is 32.2. The zero-order chi connectivity index (χ0) is 21.7. The van der Waals surface area contributed by atoms with Gasteiger partial charge in [0, 0.05) is 18.8 Å². The molecule has 160 valence electrons. The van der Waals surface area contributed by atoms with Crippen LogP contribution >= 0.6 is 0 Å². The van der Waals surface area contributed by atoms with Crippen molar-refractivity contribution in [2.24, 2.45) is 0 Å². The van der Waals surface area contributed by atoms with E-state index in [1.165, 1.54) is 46.8 Å². The molecular weight excluding hydrogens is 411 g/mol. The number of sulfonamides is 1. The summed E-state index contributed by atoms with van der Waals surface area (Å²) < 4.78 is 45.0. The highest BCUT2D eigenvalue weighted by Gasteiger charge is 2.26. The lowest BCUT2D eigenvalue weighted by Crippen LogP contribution is -2.35. The molecule has 9 heteroatoms. The molecule has 0 atom stereocenters. The molecule has 7 nitrogen and oxygen atoms in total. The Labute approximate surface area is 174 Å². The molecule has 0 aliphatic carbocycles. The van der Waals surface area contributed by atoms with Gasteiger partial charge >= 0.3 is 5.97 Å². The largest absolute Gasteiger partial charge is 0.452 e. The monoisotopic (exact) mass is 434 g/mol. The van der Waals surface area contributed by atoms with E-state index in [2.05, 4.69) is 5.32 Å². The van der Waals surface area contributed by atoms with Crippen molar-refractivity contribution >= 4 is 27.6 Å². The van der Waals surface area contributed by atoms with Gasteiger partial charge in [-0.25, -0.2) is 17.6 Å². The van der Waals surface area contributed by atoms with E-state index in [0.29, 0.717) is 24.3 Å². The number of anilines is 1. The van der Waals surface area contributed by atoms with Gasteiger partial charge in [-0.15, -0.1) is 0 Å². The van der Waals surface area contributed by atoms with Gasteiger partial charge in [0.2, 0.25) is 10.0 Å². The van der Waals surface area contributed by atoms with Crippen LogP contribution in [0.15, 0.2) is 47.4 Å². The molecule has 0 bridgehead atoms. The van der Waals surface area contributed by atoms with Crippen LogP contribution in [0.5, 0.6) is 0 Å². The van der Waals surface area contributed by atoms with E-state index in [4.69, 9.17) is 4.74 Å². The molecule has 0 spiro atoms. The van der Waals surface area contributed by atoms with Gasteiger partial charge in [0.15, 0.2) is 6.61 Å². The van der Waals surface area contributed by atoms with Gasteiger partial charge in [-0.3, -0.25) is 4.79 Å². The van der Waals surface area contributed by atoms with Crippen molar-refractivity contribution in [2.45, 2.75) is 31.1 Å². The third-order valence-corrected chi connectivity index (χ3v) is 6.76. The second-order valence-electron chi connectivity index (χ2n) is 7.07. The number of piperidine rings is 1. The fraction of sp³-hybridized carbons (Fsp3) is 0.333. The molecule has 1 aliphatic heterocycles. The van der Waals surface area contributed by atoms with Crippen molar-refractivity contribution in [2.75, 3.05) is 25.0 Å². The van der Waals surface area contributed by atoms with Crippen LogP contribution in [0.2, 0.25) is 0 Å². The number of ether oxygens (including phenoxy) is 1. The van der Waals surface area contributed by atoms with Crippen molar-refractivity contribution in [3.05, 3.63) is 59.4 Å². The molecule has 0 saturated carbocycles. The molecular formula is C21H23FN2O5S. The standard InChI is InChI=1S/C21H23FN2O5S/c1-15-5-8-17(22)13-19(15)23-20(25)14-29-21(26)16-6-9-18(10-7-16)30(27,28)24-11-3-2-4-12-24/h5-10,13H,2-4,11-12,14H2,1H3,(H,23,25). The highest BCUT2D eigenvalue weighted by molar-refractivity contribution is 7.89.